The number of ether oxygens (including phenoxy) is 1. The maximum atomic E-state index is 12.3. The van der Waals surface area contributed by atoms with Crippen LogP contribution in [0.1, 0.15) is 27.3 Å². The molecule has 2 rings (SSSR count). The summed E-state index contributed by atoms with van der Waals surface area (Å²) in [6, 6.07) is 0. The molecule has 0 spiro atoms. The van der Waals surface area contributed by atoms with Crippen molar-refractivity contribution in [1.29, 1.82) is 0 Å². The predicted molar refractivity (Wildman–Crippen MR) is 79.6 cm³/mol. The summed E-state index contributed by atoms with van der Waals surface area (Å²) in [5.41, 5.74) is 8.48. The van der Waals surface area contributed by atoms with Crippen molar-refractivity contribution in [2.24, 2.45) is 5.73 Å². The molecule has 2 heterocycles. The lowest BCUT2D eigenvalue weighted by Crippen LogP contribution is -2.10. The van der Waals surface area contributed by atoms with Crippen molar-refractivity contribution in [2.45, 2.75) is 26.8 Å². The van der Waals surface area contributed by atoms with E-state index in [9.17, 15) is 4.79 Å². The third-order valence-corrected chi connectivity index (χ3v) is 3.38. The number of rotatable bonds is 6. The van der Waals surface area contributed by atoms with E-state index >= 15 is 0 Å². The summed E-state index contributed by atoms with van der Waals surface area (Å²) in [6.45, 7) is 5.00. The molecule has 2 aromatic rings. The number of nitrogens with two attached hydrogens (primary N) is 1. The van der Waals surface area contributed by atoms with Crippen LogP contribution in [0.4, 0.5) is 0 Å². The lowest BCUT2D eigenvalue weighted by atomic mass is 10.1. The van der Waals surface area contributed by atoms with E-state index in [0.29, 0.717) is 18.8 Å². The second-order valence-electron chi connectivity index (χ2n) is 4.93. The van der Waals surface area contributed by atoms with Crippen LogP contribution >= 0.6 is 0 Å². The van der Waals surface area contributed by atoms with E-state index < -0.39 is 0 Å². The maximum absolute atomic E-state index is 12.3. The van der Waals surface area contributed by atoms with Crippen molar-refractivity contribution < 1.29 is 9.53 Å². The topological polar surface area (TPSA) is 83.0 Å². The number of pyridine rings is 1. The van der Waals surface area contributed by atoms with E-state index in [4.69, 9.17) is 10.5 Å². The zero-order chi connectivity index (χ0) is 15.4. The smallest absolute Gasteiger partial charge is 0.188 e. The zero-order valence-electron chi connectivity index (χ0n) is 12.6. The van der Waals surface area contributed by atoms with Crippen molar-refractivity contribution >= 4 is 5.78 Å². The van der Waals surface area contributed by atoms with Gasteiger partial charge in [0, 0.05) is 36.6 Å². The number of hydrogen-bond donors (Lipinski definition) is 1. The minimum atomic E-state index is -0.0627. The largest absolute Gasteiger partial charge is 0.496 e. The fourth-order valence-corrected chi connectivity index (χ4v) is 2.27. The van der Waals surface area contributed by atoms with E-state index in [0.717, 1.165) is 22.6 Å². The molecule has 6 heteroatoms. The lowest BCUT2D eigenvalue weighted by Gasteiger charge is -2.11. The molecular weight excluding hydrogens is 268 g/mol. The molecule has 2 N–H and O–H groups in total. The number of carbonyl (C=O) groups is 1. The van der Waals surface area contributed by atoms with Crippen molar-refractivity contribution in [2.75, 3.05) is 13.7 Å². The van der Waals surface area contributed by atoms with Crippen molar-refractivity contribution in [3.63, 3.8) is 0 Å². The van der Waals surface area contributed by atoms with E-state index in [1.54, 1.807) is 25.8 Å². The van der Waals surface area contributed by atoms with Gasteiger partial charge in [-0.15, -0.1) is 0 Å². The number of ketones is 1. The lowest BCUT2D eigenvalue weighted by molar-refractivity contribution is 0.0987. The van der Waals surface area contributed by atoms with E-state index in [-0.39, 0.29) is 12.2 Å². The Labute approximate surface area is 124 Å². The monoisotopic (exact) mass is 288 g/mol. The van der Waals surface area contributed by atoms with Crippen LogP contribution in [0.3, 0.4) is 0 Å². The van der Waals surface area contributed by atoms with Crippen molar-refractivity contribution in [3.05, 3.63) is 41.2 Å². The van der Waals surface area contributed by atoms with Crippen LogP contribution in [0.25, 0.3) is 0 Å². The number of aryl methyl sites for hydroxylation is 1. The van der Waals surface area contributed by atoms with Crippen molar-refractivity contribution in [1.82, 2.24) is 14.5 Å². The number of methoxy groups -OCH3 is 1. The highest BCUT2D eigenvalue weighted by Crippen LogP contribution is 2.24. The van der Waals surface area contributed by atoms with E-state index in [1.165, 1.54) is 0 Å². The van der Waals surface area contributed by atoms with Gasteiger partial charge in [0.05, 0.1) is 25.6 Å². The van der Waals surface area contributed by atoms with Crippen LogP contribution in [-0.4, -0.2) is 34.0 Å². The third-order valence-electron chi connectivity index (χ3n) is 3.38. The molecule has 112 valence electrons. The number of carbonyl (C=O) groups excluding carboxylic acids is 1. The standard InChI is InChI=1S/C15H20N4O2/c1-10-7-17-12(11(2)15(10)21-3)6-14(20)13-8-19(5-4-16)9-18-13/h7-9H,4-6,16H2,1-3H3. The van der Waals surface area contributed by atoms with E-state index in [1.807, 2.05) is 18.4 Å². The molecule has 2 aromatic heterocycles. The second kappa shape index (κ2) is 6.49. The average molecular weight is 288 g/mol. The first-order chi connectivity index (χ1) is 10.1. The van der Waals surface area contributed by atoms with Gasteiger partial charge >= 0.3 is 0 Å². The average Bonchev–Trinajstić information content (AvgIpc) is 2.92. The van der Waals surface area contributed by atoms with Gasteiger partial charge in [0.1, 0.15) is 11.4 Å². The van der Waals surface area contributed by atoms with Gasteiger partial charge in [0.25, 0.3) is 0 Å². The fourth-order valence-electron chi connectivity index (χ4n) is 2.27. The first kappa shape index (κ1) is 15.2. The Morgan fingerprint density at radius 3 is 2.81 bits per heavy atom. The number of aromatic nitrogens is 3. The molecular formula is C15H20N4O2. The Morgan fingerprint density at radius 2 is 2.14 bits per heavy atom. The minimum absolute atomic E-state index is 0.0627. The first-order valence-electron chi connectivity index (χ1n) is 6.81. The fraction of sp³-hybridized carbons (Fsp3) is 0.400. The molecule has 0 saturated heterocycles. The van der Waals surface area contributed by atoms with Crippen LogP contribution in [0, 0.1) is 13.8 Å². The van der Waals surface area contributed by atoms with Crippen LogP contribution in [0.2, 0.25) is 0 Å². The first-order valence-corrected chi connectivity index (χ1v) is 6.81. The molecule has 0 atom stereocenters. The van der Waals surface area contributed by atoms with Gasteiger partial charge < -0.3 is 15.0 Å². The predicted octanol–water partition coefficient (Wildman–Crippen LogP) is 1.29. The van der Waals surface area contributed by atoms with E-state index in [2.05, 4.69) is 9.97 Å². The molecule has 0 aliphatic heterocycles. The molecule has 0 aromatic carbocycles. The molecule has 0 fully saturated rings. The number of nitrogens with zero attached hydrogens (tertiary/aromatic N) is 3. The maximum Gasteiger partial charge on any atom is 0.188 e. The molecule has 0 bridgehead atoms. The summed E-state index contributed by atoms with van der Waals surface area (Å²) < 4.78 is 7.16. The highest BCUT2D eigenvalue weighted by Gasteiger charge is 2.15. The minimum Gasteiger partial charge on any atom is -0.496 e. The second-order valence-corrected chi connectivity index (χ2v) is 4.93. The van der Waals surface area contributed by atoms with Crippen LogP contribution < -0.4 is 10.5 Å². The third kappa shape index (κ3) is 3.28. The quantitative estimate of drug-likeness (QED) is 0.810. The van der Waals surface area contributed by atoms with Gasteiger partial charge in [-0.05, 0) is 13.8 Å². The molecule has 0 saturated carbocycles. The highest BCUT2D eigenvalue weighted by atomic mass is 16.5. The molecule has 0 aliphatic rings. The summed E-state index contributed by atoms with van der Waals surface area (Å²) in [6.07, 6.45) is 5.27. The Balaban J connectivity index is 2.19. The van der Waals surface area contributed by atoms with Gasteiger partial charge in [0.15, 0.2) is 5.78 Å². The number of Topliss-reactive ketones (excluding diaryl/α,β-unsaturated/α-hetero) is 1. The SMILES string of the molecule is COc1c(C)cnc(CC(=O)c2cn(CCN)cn2)c1C. The van der Waals surface area contributed by atoms with Gasteiger partial charge in [-0.25, -0.2) is 4.98 Å². The Bertz CT molecular complexity index is 649. The van der Waals surface area contributed by atoms with Crippen LogP contribution in [0.5, 0.6) is 5.75 Å². The van der Waals surface area contributed by atoms with Crippen LogP contribution in [0.15, 0.2) is 18.7 Å². The zero-order valence-corrected chi connectivity index (χ0v) is 12.6. The molecule has 6 nitrogen and oxygen atoms in total. The summed E-state index contributed by atoms with van der Waals surface area (Å²) in [4.78, 5) is 20.7. The summed E-state index contributed by atoms with van der Waals surface area (Å²) >= 11 is 0. The Hall–Kier alpha value is -2.21. The number of hydrogen-bond acceptors (Lipinski definition) is 5. The molecule has 0 unspecified atom stereocenters. The van der Waals surface area contributed by atoms with Crippen LogP contribution in [-0.2, 0) is 13.0 Å². The molecule has 0 amide bonds. The molecule has 21 heavy (non-hydrogen) atoms. The highest BCUT2D eigenvalue weighted by molar-refractivity contribution is 5.95. The Morgan fingerprint density at radius 1 is 1.38 bits per heavy atom. The molecule has 0 radical (unpaired) electrons. The van der Waals surface area contributed by atoms with Gasteiger partial charge in [0.2, 0.25) is 0 Å². The molecule has 0 aliphatic carbocycles. The summed E-state index contributed by atoms with van der Waals surface area (Å²) in [5, 5.41) is 0. The summed E-state index contributed by atoms with van der Waals surface area (Å²) in [7, 11) is 1.62. The van der Waals surface area contributed by atoms with Gasteiger partial charge in [-0.1, -0.05) is 0 Å². The Kier molecular flexibility index (Phi) is 4.70. The number of imidazole rings is 1. The normalized spacial score (nSPS) is 10.7. The van der Waals surface area contributed by atoms with Gasteiger partial charge in [-0.3, -0.25) is 9.78 Å². The summed E-state index contributed by atoms with van der Waals surface area (Å²) in [5.74, 6) is 0.716. The van der Waals surface area contributed by atoms with Gasteiger partial charge in [-0.2, -0.15) is 0 Å². The van der Waals surface area contributed by atoms with Crippen molar-refractivity contribution in [3.8, 4) is 5.75 Å².